The number of nitrogens with zero attached hydrogens (tertiary/aromatic N) is 2. The van der Waals surface area contributed by atoms with Crippen molar-refractivity contribution in [1.82, 2.24) is 15.1 Å². The van der Waals surface area contributed by atoms with E-state index in [2.05, 4.69) is 26.1 Å². The number of halogens is 1. The summed E-state index contributed by atoms with van der Waals surface area (Å²) in [5, 5.41) is 9.11. The highest BCUT2D eigenvalue weighted by atomic mass is 79.9. The highest BCUT2D eigenvalue weighted by Crippen LogP contribution is 2.39. The van der Waals surface area contributed by atoms with Crippen LogP contribution in [0.5, 0.6) is 0 Å². The number of carbonyl (C=O) groups is 1. The van der Waals surface area contributed by atoms with Gasteiger partial charge in [-0.25, -0.2) is 0 Å². The van der Waals surface area contributed by atoms with Gasteiger partial charge in [-0.1, -0.05) is 0 Å². The van der Waals surface area contributed by atoms with Crippen LogP contribution in [-0.4, -0.2) is 28.1 Å². The predicted octanol–water partition coefficient (Wildman–Crippen LogP) is 3.38. The van der Waals surface area contributed by atoms with Crippen molar-refractivity contribution in [1.29, 1.82) is 0 Å². The Kier molecular flexibility index (Phi) is 3.45. The van der Waals surface area contributed by atoms with Gasteiger partial charge in [-0.15, -0.1) is 11.3 Å². The Hall–Kier alpha value is -1.14. The molecule has 3 rings (SSSR count). The lowest BCUT2D eigenvalue weighted by Crippen LogP contribution is -2.26. The lowest BCUT2D eigenvalue weighted by Gasteiger charge is -2.14. The van der Waals surface area contributed by atoms with Crippen LogP contribution >= 0.6 is 27.3 Å². The lowest BCUT2D eigenvalue weighted by molar-refractivity contribution is 0.0780. The summed E-state index contributed by atoms with van der Waals surface area (Å²) in [4.78, 5) is 15.1. The van der Waals surface area contributed by atoms with E-state index in [4.69, 9.17) is 0 Å². The van der Waals surface area contributed by atoms with Crippen molar-refractivity contribution in [3.8, 4) is 0 Å². The molecule has 0 saturated heterocycles. The standard InChI is InChI=1S/C13H14BrN3OS/c1-17(6-10-4-9(14)7-19-10)13(18)12-5-11(15-16-12)8-2-3-8/h4-5,7-8H,2-3,6H2,1H3,(H,15,16). The van der Waals surface area contributed by atoms with Crippen molar-refractivity contribution in [3.05, 3.63) is 38.3 Å². The van der Waals surface area contributed by atoms with Crippen LogP contribution in [0, 0.1) is 0 Å². The molecule has 19 heavy (non-hydrogen) atoms. The van der Waals surface area contributed by atoms with Crippen molar-refractivity contribution in [3.63, 3.8) is 0 Å². The Labute approximate surface area is 123 Å². The summed E-state index contributed by atoms with van der Waals surface area (Å²) in [5.74, 6) is 0.556. The molecule has 0 bridgehead atoms. The van der Waals surface area contributed by atoms with E-state index in [-0.39, 0.29) is 5.91 Å². The SMILES string of the molecule is CN(Cc1cc(Br)cs1)C(=O)c1cc(C2CC2)[nH]n1. The molecule has 0 spiro atoms. The minimum atomic E-state index is -0.0346. The van der Waals surface area contributed by atoms with Gasteiger partial charge in [-0.05, 0) is 40.9 Å². The van der Waals surface area contributed by atoms with Crippen LogP contribution in [0.15, 0.2) is 22.0 Å². The van der Waals surface area contributed by atoms with Gasteiger partial charge in [0.2, 0.25) is 0 Å². The Morgan fingerprint density at radius 3 is 3.00 bits per heavy atom. The Balaban J connectivity index is 1.67. The second-order valence-corrected chi connectivity index (χ2v) is 6.79. The van der Waals surface area contributed by atoms with Crippen molar-refractivity contribution >= 4 is 33.2 Å². The van der Waals surface area contributed by atoms with Gasteiger partial charge in [0.15, 0.2) is 0 Å². The minimum absolute atomic E-state index is 0.0346. The molecular weight excluding hydrogens is 326 g/mol. The van der Waals surface area contributed by atoms with Crippen LogP contribution in [0.4, 0.5) is 0 Å². The van der Waals surface area contributed by atoms with Gasteiger partial charge in [-0.2, -0.15) is 5.10 Å². The van der Waals surface area contributed by atoms with Gasteiger partial charge < -0.3 is 4.90 Å². The third kappa shape index (κ3) is 2.90. The van der Waals surface area contributed by atoms with Crippen molar-refractivity contribution in [2.75, 3.05) is 7.05 Å². The Morgan fingerprint density at radius 2 is 2.37 bits per heavy atom. The summed E-state index contributed by atoms with van der Waals surface area (Å²) < 4.78 is 1.06. The minimum Gasteiger partial charge on any atom is -0.335 e. The molecule has 0 aromatic carbocycles. The van der Waals surface area contributed by atoms with E-state index in [1.807, 2.05) is 17.5 Å². The molecule has 0 aliphatic heterocycles. The molecule has 2 aromatic heterocycles. The lowest BCUT2D eigenvalue weighted by atomic mass is 10.2. The first-order chi connectivity index (χ1) is 9.13. The smallest absolute Gasteiger partial charge is 0.274 e. The van der Waals surface area contributed by atoms with Gasteiger partial charge in [0.1, 0.15) is 5.69 Å². The van der Waals surface area contributed by atoms with E-state index in [1.54, 1.807) is 23.3 Å². The molecule has 0 radical (unpaired) electrons. The molecule has 2 aromatic rings. The largest absolute Gasteiger partial charge is 0.335 e. The number of thiophene rings is 1. The molecule has 1 fully saturated rings. The van der Waals surface area contributed by atoms with Crippen LogP contribution in [0.1, 0.15) is 39.8 Å². The van der Waals surface area contributed by atoms with Crippen LogP contribution < -0.4 is 0 Å². The molecule has 6 heteroatoms. The second-order valence-electron chi connectivity index (χ2n) is 4.88. The highest BCUT2D eigenvalue weighted by molar-refractivity contribution is 9.10. The van der Waals surface area contributed by atoms with E-state index >= 15 is 0 Å². The normalized spacial score (nSPS) is 14.6. The van der Waals surface area contributed by atoms with Crippen molar-refractivity contribution in [2.45, 2.75) is 25.3 Å². The van der Waals surface area contributed by atoms with Crippen LogP contribution in [-0.2, 0) is 6.54 Å². The fourth-order valence-corrected chi connectivity index (χ4v) is 3.49. The summed E-state index contributed by atoms with van der Waals surface area (Å²) >= 11 is 5.06. The number of amides is 1. The highest BCUT2D eigenvalue weighted by Gasteiger charge is 2.27. The predicted molar refractivity (Wildman–Crippen MR) is 78.4 cm³/mol. The van der Waals surface area contributed by atoms with Crippen molar-refractivity contribution < 1.29 is 4.79 Å². The van der Waals surface area contributed by atoms with Gasteiger partial charge in [-0.3, -0.25) is 9.89 Å². The zero-order valence-electron chi connectivity index (χ0n) is 10.5. The second kappa shape index (κ2) is 5.09. The molecule has 1 aliphatic rings. The van der Waals surface area contributed by atoms with E-state index in [0.29, 0.717) is 18.2 Å². The van der Waals surface area contributed by atoms with Crippen LogP contribution in [0.2, 0.25) is 0 Å². The third-order valence-electron chi connectivity index (χ3n) is 3.20. The first-order valence-electron chi connectivity index (χ1n) is 6.17. The summed E-state index contributed by atoms with van der Waals surface area (Å²) in [6, 6.07) is 3.93. The molecular formula is C13H14BrN3OS. The number of hydrogen-bond donors (Lipinski definition) is 1. The first kappa shape index (κ1) is 12.9. The van der Waals surface area contributed by atoms with E-state index in [1.165, 1.54) is 12.8 Å². The maximum atomic E-state index is 12.2. The fourth-order valence-electron chi connectivity index (χ4n) is 1.99. The van der Waals surface area contributed by atoms with E-state index < -0.39 is 0 Å². The van der Waals surface area contributed by atoms with E-state index in [0.717, 1.165) is 15.0 Å². The molecule has 1 aliphatic carbocycles. The molecule has 0 atom stereocenters. The summed E-state index contributed by atoms with van der Waals surface area (Å²) in [5.41, 5.74) is 1.61. The fraction of sp³-hybridized carbons (Fsp3) is 0.385. The third-order valence-corrected chi connectivity index (χ3v) is 4.88. The number of rotatable bonds is 4. The molecule has 1 N–H and O–H groups in total. The number of aromatic amines is 1. The zero-order valence-corrected chi connectivity index (χ0v) is 12.9. The van der Waals surface area contributed by atoms with Gasteiger partial charge >= 0.3 is 0 Å². The first-order valence-corrected chi connectivity index (χ1v) is 7.84. The molecule has 1 saturated carbocycles. The quantitative estimate of drug-likeness (QED) is 0.928. The molecule has 1 amide bonds. The summed E-state index contributed by atoms with van der Waals surface area (Å²) in [6.45, 7) is 0.612. The van der Waals surface area contributed by atoms with Crippen molar-refractivity contribution in [2.24, 2.45) is 0 Å². The van der Waals surface area contributed by atoms with Crippen LogP contribution in [0.25, 0.3) is 0 Å². The number of carbonyl (C=O) groups excluding carboxylic acids is 1. The molecule has 100 valence electrons. The maximum absolute atomic E-state index is 12.2. The monoisotopic (exact) mass is 339 g/mol. The number of hydrogen-bond acceptors (Lipinski definition) is 3. The van der Waals surface area contributed by atoms with Crippen LogP contribution in [0.3, 0.4) is 0 Å². The average molecular weight is 340 g/mol. The number of H-pyrrole nitrogens is 1. The number of nitrogens with one attached hydrogen (secondary N) is 1. The molecule has 0 unspecified atom stereocenters. The van der Waals surface area contributed by atoms with Gasteiger partial charge in [0.25, 0.3) is 5.91 Å². The Bertz CT molecular complexity index is 603. The summed E-state index contributed by atoms with van der Waals surface area (Å²) in [7, 11) is 1.81. The molecule has 4 nitrogen and oxygen atoms in total. The average Bonchev–Trinajstić information content (AvgIpc) is 2.98. The van der Waals surface area contributed by atoms with E-state index in [9.17, 15) is 4.79 Å². The summed E-state index contributed by atoms with van der Waals surface area (Å²) in [6.07, 6.45) is 2.41. The molecule has 2 heterocycles. The van der Waals surface area contributed by atoms with Gasteiger partial charge in [0, 0.05) is 33.4 Å². The number of aromatic nitrogens is 2. The Morgan fingerprint density at radius 1 is 1.58 bits per heavy atom. The zero-order chi connectivity index (χ0) is 13.4. The maximum Gasteiger partial charge on any atom is 0.274 e. The topological polar surface area (TPSA) is 49.0 Å². The van der Waals surface area contributed by atoms with Gasteiger partial charge in [0.05, 0.1) is 6.54 Å².